The SMILES string of the molecule is Cc1cc(Br)ccc1NCC(O)COc1ccc(F)cc1. The molecule has 112 valence electrons. The molecule has 0 aliphatic carbocycles. The van der Waals surface area contributed by atoms with Crippen LogP contribution in [0.1, 0.15) is 5.56 Å². The zero-order valence-electron chi connectivity index (χ0n) is 11.6. The molecule has 0 spiro atoms. The zero-order chi connectivity index (χ0) is 15.2. The normalized spacial score (nSPS) is 12.0. The van der Waals surface area contributed by atoms with E-state index in [9.17, 15) is 9.50 Å². The van der Waals surface area contributed by atoms with Crippen LogP contribution < -0.4 is 10.1 Å². The molecule has 5 heteroatoms. The first kappa shape index (κ1) is 15.8. The van der Waals surface area contributed by atoms with E-state index in [1.807, 2.05) is 25.1 Å². The highest BCUT2D eigenvalue weighted by atomic mass is 79.9. The molecule has 0 aromatic heterocycles. The van der Waals surface area contributed by atoms with Crippen molar-refractivity contribution in [1.29, 1.82) is 0 Å². The standard InChI is InChI=1S/C16H17BrFNO2/c1-11-8-12(17)2-7-16(11)19-9-14(20)10-21-15-5-3-13(18)4-6-15/h2-8,14,19-20H,9-10H2,1H3. The Bertz CT molecular complexity index is 589. The second-order valence-corrected chi connectivity index (χ2v) is 5.67. The molecular weight excluding hydrogens is 337 g/mol. The van der Waals surface area contributed by atoms with Crippen molar-refractivity contribution in [2.24, 2.45) is 0 Å². The maximum atomic E-state index is 12.7. The van der Waals surface area contributed by atoms with Crippen LogP contribution in [0.5, 0.6) is 5.75 Å². The van der Waals surface area contributed by atoms with E-state index in [1.165, 1.54) is 24.3 Å². The Kier molecular flexibility index (Phi) is 5.59. The van der Waals surface area contributed by atoms with E-state index in [4.69, 9.17) is 4.74 Å². The van der Waals surface area contributed by atoms with E-state index in [1.54, 1.807) is 0 Å². The Hall–Kier alpha value is -1.59. The molecule has 0 aliphatic rings. The monoisotopic (exact) mass is 353 g/mol. The number of hydrogen-bond acceptors (Lipinski definition) is 3. The summed E-state index contributed by atoms with van der Waals surface area (Å²) in [5.74, 6) is 0.227. The molecule has 2 N–H and O–H groups in total. The van der Waals surface area contributed by atoms with Crippen molar-refractivity contribution < 1.29 is 14.2 Å². The van der Waals surface area contributed by atoms with Crippen molar-refractivity contribution in [3.63, 3.8) is 0 Å². The number of rotatable bonds is 6. The lowest BCUT2D eigenvalue weighted by Crippen LogP contribution is -2.26. The van der Waals surface area contributed by atoms with E-state index in [0.717, 1.165) is 15.7 Å². The third-order valence-electron chi connectivity index (χ3n) is 2.97. The van der Waals surface area contributed by atoms with Gasteiger partial charge in [0.05, 0.1) is 0 Å². The maximum absolute atomic E-state index is 12.7. The van der Waals surface area contributed by atoms with Gasteiger partial charge < -0.3 is 15.2 Å². The number of ether oxygens (including phenoxy) is 1. The van der Waals surface area contributed by atoms with Crippen LogP contribution in [-0.4, -0.2) is 24.4 Å². The van der Waals surface area contributed by atoms with Gasteiger partial charge in [-0.1, -0.05) is 15.9 Å². The molecule has 2 aromatic rings. The van der Waals surface area contributed by atoms with Crippen LogP contribution in [0.25, 0.3) is 0 Å². The van der Waals surface area contributed by atoms with Crippen LogP contribution in [0.2, 0.25) is 0 Å². The summed E-state index contributed by atoms with van der Waals surface area (Å²) in [6.45, 7) is 2.52. The van der Waals surface area contributed by atoms with Crippen molar-refractivity contribution in [3.05, 3.63) is 58.3 Å². The minimum absolute atomic E-state index is 0.147. The number of anilines is 1. The van der Waals surface area contributed by atoms with Gasteiger partial charge in [0.25, 0.3) is 0 Å². The predicted octanol–water partition coefficient (Wildman–Crippen LogP) is 3.75. The fourth-order valence-electron chi connectivity index (χ4n) is 1.84. The van der Waals surface area contributed by atoms with Gasteiger partial charge >= 0.3 is 0 Å². The Morgan fingerprint density at radius 3 is 2.62 bits per heavy atom. The number of aliphatic hydroxyl groups is 1. The van der Waals surface area contributed by atoms with Gasteiger partial charge in [-0.2, -0.15) is 0 Å². The topological polar surface area (TPSA) is 41.5 Å². The van der Waals surface area contributed by atoms with Gasteiger partial charge in [-0.25, -0.2) is 4.39 Å². The highest BCUT2D eigenvalue weighted by molar-refractivity contribution is 9.10. The predicted molar refractivity (Wildman–Crippen MR) is 85.3 cm³/mol. The lowest BCUT2D eigenvalue weighted by molar-refractivity contribution is 0.117. The number of nitrogens with one attached hydrogen (secondary N) is 1. The van der Waals surface area contributed by atoms with E-state index in [-0.39, 0.29) is 12.4 Å². The molecule has 0 radical (unpaired) electrons. The van der Waals surface area contributed by atoms with Crippen LogP contribution >= 0.6 is 15.9 Å². The average molecular weight is 354 g/mol. The van der Waals surface area contributed by atoms with Gasteiger partial charge in [0.15, 0.2) is 0 Å². The summed E-state index contributed by atoms with van der Waals surface area (Å²) < 4.78 is 19.2. The fraction of sp³-hybridized carbons (Fsp3) is 0.250. The molecule has 3 nitrogen and oxygen atoms in total. The smallest absolute Gasteiger partial charge is 0.123 e. The van der Waals surface area contributed by atoms with Crippen LogP contribution in [0.3, 0.4) is 0 Å². The number of halogens is 2. The highest BCUT2D eigenvalue weighted by Crippen LogP contribution is 2.20. The third-order valence-corrected chi connectivity index (χ3v) is 3.47. The molecule has 2 aromatic carbocycles. The fourth-order valence-corrected chi connectivity index (χ4v) is 2.31. The van der Waals surface area contributed by atoms with Crippen molar-refractivity contribution >= 4 is 21.6 Å². The van der Waals surface area contributed by atoms with Crippen molar-refractivity contribution in [2.45, 2.75) is 13.0 Å². The molecule has 21 heavy (non-hydrogen) atoms. The second kappa shape index (κ2) is 7.43. The summed E-state index contributed by atoms with van der Waals surface area (Å²) in [6.07, 6.45) is -0.655. The van der Waals surface area contributed by atoms with Crippen molar-refractivity contribution in [1.82, 2.24) is 0 Å². The van der Waals surface area contributed by atoms with Crippen LogP contribution in [0.15, 0.2) is 46.9 Å². The first-order valence-corrected chi connectivity index (χ1v) is 7.40. The molecule has 0 heterocycles. The Balaban J connectivity index is 1.79. The number of aryl methyl sites for hydroxylation is 1. The van der Waals surface area contributed by atoms with Gasteiger partial charge in [-0.3, -0.25) is 0 Å². The zero-order valence-corrected chi connectivity index (χ0v) is 13.2. The van der Waals surface area contributed by atoms with Crippen LogP contribution in [0, 0.1) is 12.7 Å². The molecule has 0 saturated heterocycles. The van der Waals surface area contributed by atoms with Crippen LogP contribution in [-0.2, 0) is 0 Å². The summed E-state index contributed by atoms with van der Waals surface area (Å²) in [4.78, 5) is 0. The first-order chi connectivity index (χ1) is 10.0. The molecule has 0 amide bonds. The van der Waals surface area contributed by atoms with E-state index >= 15 is 0 Å². The van der Waals surface area contributed by atoms with Crippen molar-refractivity contribution in [3.8, 4) is 5.75 Å². The van der Waals surface area contributed by atoms with Gasteiger partial charge in [0.1, 0.15) is 24.3 Å². The Labute approximate surface area is 131 Å². The summed E-state index contributed by atoms with van der Waals surface area (Å²) in [5.41, 5.74) is 2.06. The molecule has 1 unspecified atom stereocenters. The van der Waals surface area contributed by atoms with E-state index < -0.39 is 6.10 Å². The third kappa shape index (κ3) is 5.02. The molecule has 1 atom stereocenters. The second-order valence-electron chi connectivity index (χ2n) is 4.76. The highest BCUT2D eigenvalue weighted by Gasteiger charge is 2.06. The summed E-state index contributed by atoms with van der Waals surface area (Å²) in [6, 6.07) is 11.6. The van der Waals surface area contributed by atoms with Crippen molar-refractivity contribution in [2.75, 3.05) is 18.5 Å². The molecule has 0 fully saturated rings. The number of hydrogen-bond donors (Lipinski definition) is 2. The quantitative estimate of drug-likeness (QED) is 0.830. The molecule has 0 aliphatic heterocycles. The van der Waals surface area contributed by atoms with Gasteiger partial charge in [-0.15, -0.1) is 0 Å². The van der Waals surface area contributed by atoms with Crippen LogP contribution in [0.4, 0.5) is 10.1 Å². The molecule has 0 bridgehead atoms. The lowest BCUT2D eigenvalue weighted by atomic mass is 10.2. The number of benzene rings is 2. The van der Waals surface area contributed by atoms with Gasteiger partial charge in [0, 0.05) is 16.7 Å². The average Bonchev–Trinajstić information content (AvgIpc) is 2.46. The molecular formula is C16H17BrFNO2. The Morgan fingerprint density at radius 2 is 1.95 bits per heavy atom. The summed E-state index contributed by atoms with van der Waals surface area (Å²) in [5, 5.41) is 13.1. The summed E-state index contributed by atoms with van der Waals surface area (Å²) >= 11 is 3.41. The Morgan fingerprint density at radius 1 is 1.24 bits per heavy atom. The van der Waals surface area contributed by atoms with E-state index in [0.29, 0.717) is 12.3 Å². The maximum Gasteiger partial charge on any atom is 0.123 e. The van der Waals surface area contributed by atoms with E-state index in [2.05, 4.69) is 21.2 Å². The van der Waals surface area contributed by atoms with Gasteiger partial charge in [0.2, 0.25) is 0 Å². The first-order valence-electron chi connectivity index (χ1n) is 6.61. The largest absolute Gasteiger partial charge is 0.491 e. The molecule has 2 rings (SSSR count). The minimum atomic E-state index is -0.655. The molecule has 0 saturated carbocycles. The lowest BCUT2D eigenvalue weighted by Gasteiger charge is -2.15. The number of aliphatic hydroxyl groups excluding tert-OH is 1. The minimum Gasteiger partial charge on any atom is -0.491 e. The summed E-state index contributed by atoms with van der Waals surface area (Å²) in [7, 11) is 0. The van der Waals surface area contributed by atoms with Gasteiger partial charge in [-0.05, 0) is 55.0 Å².